The molecule has 5 aromatic rings. The maximum absolute atomic E-state index is 5.37. The van der Waals surface area contributed by atoms with E-state index < -0.39 is 0 Å². The van der Waals surface area contributed by atoms with Gasteiger partial charge in [0, 0.05) is 11.3 Å². The normalized spacial score (nSPS) is 15.7. The Bertz CT molecular complexity index is 1890. The van der Waals surface area contributed by atoms with Gasteiger partial charge in [0.15, 0.2) is 17.5 Å². The molecule has 0 spiro atoms. The van der Waals surface area contributed by atoms with Crippen LogP contribution in [-0.2, 0) is 5.41 Å². The molecule has 7 rings (SSSR count). The van der Waals surface area contributed by atoms with Gasteiger partial charge in [-0.15, -0.1) is 0 Å². The fourth-order valence-corrected chi connectivity index (χ4v) is 6.21. The minimum absolute atomic E-state index is 0.0599. The van der Waals surface area contributed by atoms with Crippen LogP contribution in [0.5, 0.6) is 0 Å². The van der Waals surface area contributed by atoms with Crippen LogP contribution < -0.4 is 10.2 Å². The zero-order valence-corrected chi connectivity index (χ0v) is 25.6. The molecule has 6 nitrogen and oxygen atoms in total. The first kappa shape index (κ1) is 26.9. The third-order valence-electron chi connectivity index (χ3n) is 8.22. The Kier molecular flexibility index (Phi) is 6.31. The number of fused-ring (bicyclic) bond motifs is 4. The second-order valence-corrected chi connectivity index (χ2v) is 12.6. The Morgan fingerprint density at radius 2 is 1.42 bits per heavy atom. The Labute approximate surface area is 253 Å². The van der Waals surface area contributed by atoms with Gasteiger partial charge in [0.05, 0.1) is 28.8 Å². The van der Waals surface area contributed by atoms with E-state index in [4.69, 9.17) is 15.1 Å². The molecule has 0 fully saturated rings. The number of aliphatic imine (C=N–C) groups is 2. The smallest absolute Gasteiger partial charge is 0.179 e. The van der Waals surface area contributed by atoms with E-state index in [-0.39, 0.29) is 11.5 Å². The number of amidine groups is 2. The predicted octanol–water partition coefficient (Wildman–Crippen LogP) is 8.89. The van der Waals surface area contributed by atoms with Crippen molar-refractivity contribution in [1.29, 1.82) is 0 Å². The number of nitrogens with one attached hydrogen (secondary N) is 1. The molecule has 1 atom stereocenters. The van der Waals surface area contributed by atoms with Crippen molar-refractivity contribution in [2.75, 3.05) is 10.2 Å². The third-order valence-corrected chi connectivity index (χ3v) is 8.22. The van der Waals surface area contributed by atoms with E-state index in [0.717, 1.165) is 45.7 Å². The lowest BCUT2D eigenvalue weighted by Gasteiger charge is -2.40. The molecular weight excluding hydrogens is 528 g/mol. The quantitative estimate of drug-likeness (QED) is 0.238. The molecule has 3 heterocycles. The van der Waals surface area contributed by atoms with Crippen LogP contribution >= 0.6 is 0 Å². The number of hydrogen-bond acceptors (Lipinski definition) is 5. The number of aryl methyl sites for hydroxylation is 3. The zero-order chi connectivity index (χ0) is 29.9. The van der Waals surface area contributed by atoms with Crippen molar-refractivity contribution in [2.45, 2.75) is 53.0 Å². The molecule has 1 N–H and O–H groups in total. The minimum atomic E-state index is -0.151. The molecule has 0 radical (unpaired) electrons. The lowest BCUT2D eigenvalue weighted by Crippen LogP contribution is -2.46. The highest BCUT2D eigenvalue weighted by atomic mass is 15.4. The Morgan fingerprint density at radius 1 is 0.744 bits per heavy atom. The molecule has 0 saturated heterocycles. The summed E-state index contributed by atoms with van der Waals surface area (Å²) in [5.74, 6) is 2.31. The van der Waals surface area contributed by atoms with Crippen molar-refractivity contribution in [3.63, 3.8) is 0 Å². The molecule has 0 saturated carbocycles. The molecule has 214 valence electrons. The molecule has 2 aliphatic heterocycles. The summed E-state index contributed by atoms with van der Waals surface area (Å²) < 4.78 is 1.97. The number of rotatable bonds is 3. The number of nitrogens with zero attached hydrogens (tertiary/aromatic N) is 5. The van der Waals surface area contributed by atoms with Crippen molar-refractivity contribution >= 4 is 34.6 Å². The minimum Gasteiger partial charge on any atom is -0.337 e. The SMILES string of the molecule is Cc1cc(C)cc(NC2=Nc3ccccc3N3C2=Nc2c(c(C)nn2-c2ccccc2)C3c2ccc(C(C)(C)C)cc2)c1. The van der Waals surface area contributed by atoms with Gasteiger partial charge in [-0.2, -0.15) is 5.10 Å². The highest BCUT2D eigenvalue weighted by molar-refractivity contribution is 6.51. The second-order valence-electron chi connectivity index (χ2n) is 12.6. The molecule has 4 aromatic carbocycles. The number of benzene rings is 4. The fraction of sp³-hybridized carbons (Fsp3) is 0.216. The first-order valence-corrected chi connectivity index (χ1v) is 14.8. The van der Waals surface area contributed by atoms with Crippen LogP contribution in [0.15, 0.2) is 107 Å². The van der Waals surface area contributed by atoms with Crippen LogP contribution in [0.3, 0.4) is 0 Å². The molecule has 0 aliphatic carbocycles. The monoisotopic (exact) mass is 564 g/mol. The maximum atomic E-state index is 5.37. The van der Waals surface area contributed by atoms with Crippen LogP contribution in [0.2, 0.25) is 0 Å². The summed E-state index contributed by atoms with van der Waals surface area (Å²) in [6.45, 7) is 13.1. The molecule has 1 unspecified atom stereocenters. The lowest BCUT2D eigenvalue weighted by molar-refractivity contribution is 0.589. The van der Waals surface area contributed by atoms with Crippen LogP contribution in [0, 0.1) is 20.8 Å². The van der Waals surface area contributed by atoms with Crippen LogP contribution in [0.1, 0.15) is 60.3 Å². The summed E-state index contributed by atoms with van der Waals surface area (Å²) in [6, 6.07) is 34.0. The van der Waals surface area contributed by atoms with E-state index in [2.05, 4.69) is 125 Å². The van der Waals surface area contributed by atoms with E-state index in [1.54, 1.807) is 0 Å². The van der Waals surface area contributed by atoms with Gasteiger partial charge in [0.25, 0.3) is 0 Å². The van der Waals surface area contributed by atoms with Gasteiger partial charge < -0.3 is 10.2 Å². The van der Waals surface area contributed by atoms with E-state index in [1.807, 2.05) is 28.9 Å². The number of hydrogen-bond donors (Lipinski definition) is 1. The lowest BCUT2D eigenvalue weighted by atomic mass is 9.85. The largest absolute Gasteiger partial charge is 0.337 e. The van der Waals surface area contributed by atoms with E-state index >= 15 is 0 Å². The summed E-state index contributed by atoms with van der Waals surface area (Å²) in [7, 11) is 0. The average Bonchev–Trinajstić information content (AvgIpc) is 3.31. The number of aromatic nitrogens is 2. The zero-order valence-electron chi connectivity index (χ0n) is 25.6. The topological polar surface area (TPSA) is 57.8 Å². The molecule has 0 amide bonds. The summed E-state index contributed by atoms with van der Waals surface area (Å²) in [6.07, 6.45) is 0. The van der Waals surface area contributed by atoms with Crippen molar-refractivity contribution in [1.82, 2.24) is 9.78 Å². The molecule has 0 bridgehead atoms. The molecule has 2 aliphatic rings. The van der Waals surface area contributed by atoms with Crippen molar-refractivity contribution in [2.24, 2.45) is 9.98 Å². The highest BCUT2D eigenvalue weighted by Crippen LogP contribution is 2.48. The van der Waals surface area contributed by atoms with Gasteiger partial charge >= 0.3 is 0 Å². The summed E-state index contributed by atoms with van der Waals surface area (Å²) >= 11 is 0. The highest BCUT2D eigenvalue weighted by Gasteiger charge is 2.41. The van der Waals surface area contributed by atoms with Crippen LogP contribution in [0.4, 0.5) is 22.9 Å². The first-order chi connectivity index (χ1) is 20.7. The summed E-state index contributed by atoms with van der Waals surface area (Å²) in [4.78, 5) is 12.9. The second kappa shape index (κ2) is 10.1. The first-order valence-electron chi connectivity index (χ1n) is 14.8. The molecule has 43 heavy (non-hydrogen) atoms. The van der Waals surface area contributed by atoms with Gasteiger partial charge in [-0.05, 0) is 84.8 Å². The fourth-order valence-electron chi connectivity index (χ4n) is 6.21. The van der Waals surface area contributed by atoms with Gasteiger partial charge in [0.2, 0.25) is 0 Å². The maximum Gasteiger partial charge on any atom is 0.179 e. The summed E-state index contributed by atoms with van der Waals surface area (Å²) in [5, 5.41) is 8.71. The Hall–Kier alpha value is -4.97. The predicted molar refractivity (Wildman–Crippen MR) is 178 cm³/mol. The van der Waals surface area contributed by atoms with E-state index in [0.29, 0.717) is 5.84 Å². The van der Waals surface area contributed by atoms with Gasteiger partial charge in [0.1, 0.15) is 0 Å². The number of anilines is 2. The van der Waals surface area contributed by atoms with Crippen LogP contribution in [0.25, 0.3) is 5.69 Å². The van der Waals surface area contributed by atoms with Crippen molar-refractivity contribution in [3.8, 4) is 5.69 Å². The van der Waals surface area contributed by atoms with E-state index in [9.17, 15) is 0 Å². The third kappa shape index (κ3) is 4.73. The Morgan fingerprint density at radius 3 is 2.12 bits per heavy atom. The van der Waals surface area contributed by atoms with E-state index in [1.165, 1.54) is 22.3 Å². The molecule has 6 heteroatoms. The summed E-state index contributed by atoms with van der Waals surface area (Å²) in [5.41, 5.74) is 10.9. The molecule has 1 aromatic heterocycles. The van der Waals surface area contributed by atoms with Gasteiger partial charge in [-0.25, -0.2) is 14.7 Å². The molecular formula is C37H36N6. The average molecular weight is 565 g/mol. The number of para-hydroxylation sites is 3. The van der Waals surface area contributed by atoms with Crippen molar-refractivity contribution < 1.29 is 0 Å². The Balaban J connectivity index is 1.48. The van der Waals surface area contributed by atoms with Gasteiger partial charge in [-0.3, -0.25) is 0 Å². The van der Waals surface area contributed by atoms with Crippen molar-refractivity contribution in [3.05, 3.63) is 131 Å². The standard InChI is InChI=1S/C37H36N6/c1-23-20-24(2)22-28(21-23)38-34-36-40-35-32(25(3)41-43(35)29-12-8-7-9-13-29)33(26-16-18-27(19-17-26)37(4,5)6)42(36)31-15-11-10-14-30(31)39-34/h7-22,33H,1-6H3,(H,38,39). The van der Waals surface area contributed by atoms with Crippen LogP contribution in [-0.4, -0.2) is 21.5 Å². The van der Waals surface area contributed by atoms with Gasteiger partial charge in [-0.1, -0.05) is 81.4 Å².